The summed E-state index contributed by atoms with van der Waals surface area (Å²) in [6, 6.07) is 36.7. The Morgan fingerprint density at radius 2 is 0.694 bits per heavy atom. The molecule has 0 aromatic heterocycles. The minimum absolute atomic E-state index is 0.155. The molecule has 0 heterocycles. The fourth-order valence-corrected chi connectivity index (χ4v) is 5.60. The monoisotopic (exact) mass is 466 g/mol. The van der Waals surface area contributed by atoms with Crippen LogP contribution in [0.4, 0.5) is 0 Å². The van der Waals surface area contributed by atoms with Crippen molar-refractivity contribution in [2.75, 3.05) is 0 Å². The number of hydrogen-bond donors (Lipinski definition) is 0. The molecule has 0 unspecified atom stereocenters. The molecule has 6 rings (SSSR count). The Morgan fingerprint density at radius 3 is 1.03 bits per heavy atom. The summed E-state index contributed by atoms with van der Waals surface area (Å²) >= 11 is 0. The molecule has 36 heavy (non-hydrogen) atoms. The van der Waals surface area contributed by atoms with E-state index in [9.17, 15) is 0 Å². The highest BCUT2D eigenvalue weighted by atomic mass is 14.2. The van der Waals surface area contributed by atoms with Gasteiger partial charge in [-0.3, -0.25) is 0 Å². The third-order valence-electron chi connectivity index (χ3n) is 7.79. The molecule has 178 valence electrons. The average molecular weight is 467 g/mol. The van der Waals surface area contributed by atoms with Crippen molar-refractivity contribution in [3.8, 4) is 22.3 Å². The van der Waals surface area contributed by atoms with Crippen molar-refractivity contribution in [3.05, 3.63) is 108 Å². The zero-order valence-electron chi connectivity index (χ0n) is 22.2. The molecular formula is C36H34. The van der Waals surface area contributed by atoms with E-state index in [1.54, 1.807) is 0 Å². The summed E-state index contributed by atoms with van der Waals surface area (Å²) in [5.74, 6) is 0. The second-order valence-corrected chi connectivity index (χ2v) is 12.3. The molecule has 0 nitrogen and oxygen atoms in total. The van der Waals surface area contributed by atoms with Crippen LogP contribution < -0.4 is 0 Å². The summed E-state index contributed by atoms with van der Waals surface area (Å²) in [5, 5.41) is 8.01. The van der Waals surface area contributed by atoms with Crippen molar-refractivity contribution in [1.29, 1.82) is 0 Å². The van der Waals surface area contributed by atoms with E-state index >= 15 is 0 Å². The molecule has 0 amide bonds. The molecule has 0 saturated carbocycles. The maximum Gasteiger partial charge on any atom is -0.00203 e. The van der Waals surface area contributed by atoms with Crippen LogP contribution in [0.15, 0.2) is 97.1 Å². The first kappa shape index (κ1) is 22.8. The van der Waals surface area contributed by atoms with E-state index in [-0.39, 0.29) is 10.8 Å². The second kappa shape index (κ2) is 7.93. The summed E-state index contributed by atoms with van der Waals surface area (Å²) in [6.45, 7) is 13.6. The lowest BCUT2D eigenvalue weighted by atomic mass is 9.84. The van der Waals surface area contributed by atoms with Gasteiger partial charge in [-0.05, 0) is 76.5 Å². The molecule has 0 bridgehead atoms. The van der Waals surface area contributed by atoms with Gasteiger partial charge in [-0.15, -0.1) is 0 Å². The lowest BCUT2D eigenvalue weighted by molar-refractivity contribution is 0.590. The van der Waals surface area contributed by atoms with E-state index in [0.29, 0.717) is 0 Å². The fourth-order valence-electron chi connectivity index (χ4n) is 5.60. The van der Waals surface area contributed by atoms with Crippen molar-refractivity contribution in [2.24, 2.45) is 0 Å². The van der Waals surface area contributed by atoms with Crippen molar-refractivity contribution < 1.29 is 0 Å². The molecule has 0 aliphatic carbocycles. The van der Waals surface area contributed by atoms with Gasteiger partial charge in [0.25, 0.3) is 0 Å². The molecular weight excluding hydrogens is 432 g/mol. The van der Waals surface area contributed by atoms with Crippen LogP contribution in [-0.2, 0) is 10.8 Å². The van der Waals surface area contributed by atoms with E-state index in [4.69, 9.17) is 0 Å². The van der Waals surface area contributed by atoms with E-state index in [0.717, 1.165) is 0 Å². The predicted molar refractivity (Wildman–Crippen MR) is 158 cm³/mol. The van der Waals surface area contributed by atoms with E-state index in [2.05, 4.69) is 139 Å². The van der Waals surface area contributed by atoms with Crippen molar-refractivity contribution >= 4 is 32.3 Å². The highest BCUT2D eigenvalue weighted by Gasteiger charge is 2.17. The maximum absolute atomic E-state index is 2.34. The van der Waals surface area contributed by atoms with E-state index in [1.807, 2.05) is 0 Å². The maximum atomic E-state index is 2.34. The molecule has 6 aromatic rings. The SMILES string of the molecule is CC(C)(C)c1ccc(-c2ccc3ccc4ccc(-c5ccc(C(C)(C)C)cc5)c5ccc2c3c45)cc1. The Bertz CT molecular complexity index is 1570. The average Bonchev–Trinajstić information content (AvgIpc) is 2.86. The van der Waals surface area contributed by atoms with Crippen LogP contribution in [0.2, 0.25) is 0 Å². The highest BCUT2D eigenvalue weighted by Crippen LogP contribution is 2.42. The van der Waals surface area contributed by atoms with Crippen molar-refractivity contribution in [1.82, 2.24) is 0 Å². The topological polar surface area (TPSA) is 0 Å². The van der Waals surface area contributed by atoms with E-state index < -0.39 is 0 Å². The number of hydrogen-bond acceptors (Lipinski definition) is 0. The fraction of sp³-hybridized carbons (Fsp3) is 0.222. The summed E-state index contributed by atoms with van der Waals surface area (Å²) in [7, 11) is 0. The van der Waals surface area contributed by atoms with Gasteiger partial charge in [0.05, 0.1) is 0 Å². The highest BCUT2D eigenvalue weighted by molar-refractivity contribution is 6.27. The van der Waals surface area contributed by atoms with Gasteiger partial charge in [-0.2, -0.15) is 0 Å². The van der Waals surface area contributed by atoms with Gasteiger partial charge >= 0.3 is 0 Å². The van der Waals surface area contributed by atoms with Crippen LogP contribution in [0.1, 0.15) is 52.7 Å². The van der Waals surface area contributed by atoms with Gasteiger partial charge in [-0.25, -0.2) is 0 Å². The molecule has 0 fully saturated rings. The Morgan fingerprint density at radius 1 is 0.361 bits per heavy atom. The second-order valence-electron chi connectivity index (χ2n) is 12.3. The zero-order valence-corrected chi connectivity index (χ0v) is 22.2. The lowest BCUT2D eigenvalue weighted by Crippen LogP contribution is -2.10. The molecule has 0 aliphatic rings. The lowest BCUT2D eigenvalue weighted by Gasteiger charge is -2.20. The van der Waals surface area contributed by atoms with Crippen LogP contribution in [0, 0.1) is 0 Å². The van der Waals surface area contributed by atoms with Crippen LogP contribution in [0.5, 0.6) is 0 Å². The first-order chi connectivity index (χ1) is 17.1. The molecule has 0 heteroatoms. The molecule has 0 aliphatic heterocycles. The molecule has 0 N–H and O–H groups in total. The molecule has 0 radical (unpaired) electrons. The van der Waals surface area contributed by atoms with Crippen LogP contribution in [-0.4, -0.2) is 0 Å². The Kier molecular flexibility index (Phi) is 5.02. The molecule has 0 saturated heterocycles. The number of benzene rings is 6. The quantitative estimate of drug-likeness (QED) is 0.223. The zero-order chi connectivity index (χ0) is 25.2. The predicted octanol–water partition coefficient (Wildman–Crippen LogP) is 10.5. The van der Waals surface area contributed by atoms with Crippen LogP contribution in [0.3, 0.4) is 0 Å². The molecule has 0 atom stereocenters. The number of rotatable bonds is 2. The first-order valence-corrected chi connectivity index (χ1v) is 13.0. The summed E-state index contributed by atoms with van der Waals surface area (Å²) in [4.78, 5) is 0. The largest absolute Gasteiger partial charge is 0.0579 e. The van der Waals surface area contributed by atoms with Gasteiger partial charge in [0.2, 0.25) is 0 Å². The Labute approximate surface area is 214 Å². The molecule has 0 spiro atoms. The van der Waals surface area contributed by atoms with Gasteiger partial charge in [0, 0.05) is 0 Å². The first-order valence-electron chi connectivity index (χ1n) is 13.0. The minimum Gasteiger partial charge on any atom is -0.0579 e. The summed E-state index contributed by atoms with van der Waals surface area (Å²) in [6.07, 6.45) is 0. The van der Waals surface area contributed by atoms with Crippen LogP contribution >= 0.6 is 0 Å². The van der Waals surface area contributed by atoms with Gasteiger partial charge in [-0.1, -0.05) is 139 Å². The molecule has 6 aromatic carbocycles. The third kappa shape index (κ3) is 3.68. The van der Waals surface area contributed by atoms with Crippen molar-refractivity contribution in [3.63, 3.8) is 0 Å². The third-order valence-corrected chi connectivity index (χ3v) is 7.79. The van der Waals surface area contributed by atoms with Gasteiger partial charge in [0.1, 0.15) is 0 Å². The Hall–Kier alpha value is -3.64. The minimum atomic E-state index is 0.155. The van der Waals surface area contributed by atoms with E-state index in [1.165, 1.54) is 65.7 Å². The van der Waals surface area contributed by atoms with Crippen molar-refractivity contribution in [2.45, 2.75) is 52.4 Å². The smallest absolute Gasteiger partial charge is 0.00203 e. The van der Waals surface area contributed by atoms with Gasteiger partial charge in [0.15, 0.2) is 0 Å². The normalized spacial score (nSPS) is 12.7. The standard InChI is InChI=1S/C36H34/c1-35(2,3)27-15-9-23(10-16-27)29-19-13-25-7-8-26-14-20-30(32-22-21-31(29)33(25)34(26)32)24-11-17-28(18-12-24)36(4,5)6/h7-22H,1-6H3. The van der Waals surface area contributed by atoms with Crippen LogP contribution in [0.25, 0.3) is 54.6 Å². The Balaban J connectivity index is 1.56. The summed E-state index contributed by atoms with van der Waals surface area (Å²) in [5.41, 5.74) is 8.20. The summed E-state index contributed by atoms with van der Waals surface area (Å²) < 4.78 is 0. The van der Waals surface area contributed by atoms with Gasteiger partial charge < -0.3 is 0 Å².